The fourth-order valence-corrected chi connectivity index (χ4v) is 3.75. The lowest BCUT2D eigenvalue weighted by Gasteiger charge is -2.26. The minimum atomic E-state index is -0.0762. The van der Waals surface area contributed by atoms with Gasteiger partial charge in [-0.1, -0.05) is 48.6 Å². The first-order valence-corrected chi connectivity index (χ1v) is 9.46. The lowest BCUT2D eigenvalue weighted by atomic mass is 9.93. The number of phenols is 1. The Morgan fingerprint density at radius 2 is 1.66 bits per heavy atom. The van der Waals surface area contributed by atoms with E-state index in [1.165, 1.54) is 6.92 Å². The fourth-order valence-electron chi connectivity index (χ4n) is 3.75. The number of amides is 1. The van der Waals surface area contributed by atoms with E-state index in [0.29, 0.717) is 12.1 Å². The molecule has 0 bridgehead atoms. The Labute approximate surface area is 169 Å². The van der Waals surface area contributed by atoms with Crippen molar-refractivity contribution in [3.8, 4) is 16.9 Å². The summed E-state index contributed by atoms with van der Waals surface area (Å²) in [6.45, 7) is 3.51. The number of anilines is 1. The molecule has 4 heteroatoms. The molecule has 0 fully saturated rings. The summed E-state index contributed by atoms with van der Waals surface area (Å²) in [7, 11) is 0. The van der Waals surface area contributed by atoms with Crippen LogP contribution in [-0.4, -0.2) is 16.8 Å². The minimum Gasteiger partial charge on any atom is -0.508 e. The molecule has 0 radical (unpaired) electrons. The molecule has 0 unspecified atom stereocenters. The number of aromatic hydroxyl groups is 1. The lowest BCUT2D eigenvalue weighted by Crippen LogP contribution is -2.29. The SMILES string of the molecule is CC(=O)c1ccccc1-c1ccc2c(c1)CN(C(C)=O)c1ccc(O)cc1C=C2. The summed E-state index contributed by atoms with van der Waals surface area (Å²) in [6.07, 6.45) is 3.90. The van der Waals surface area contributed by atoms with Crippen molar-refractivity contribution in [2.24, 2.45) is 0 Å². The molecule has 1 amide bonds. The number of rotatable bonds is 2. The maximum Gasteiger partial charge on any atom is 0.224 e. The van der Waals surface area contributed by atoms with E-state index in [4.69, 9.17) is 0 Å². The molecule has 1 aliphatic heterocycles. The van der Waals surface area contributed by atoms with E-state index in [9.17, 15) is 14.7 Å². The zero-order valence-corrected chi connectivity index (χ0v) is 16.3. The van der Waals surface area contributed by atoms with Gasteiger partial charge in [0.05, 0.1) is 12.2 Å². The molecule has 0 atom stereocenters. The highest BCUT2D eigenvalue weighted by atomic mass is 16.3. The molecular weight excluding hydrogens is 362 g/mol. The van der Waals surface area contributed by atoms with E-state index < -0.39 is 0 Å². The zero-order valence-electron chi connectivity index (χ0n) is 16.3. The monoisotopic (exact) mass is 383 g/mol. The van der Waals surface area contributed by atoms with Gasteiger partial charge in [-0.3, -0.25) is 9.59 Å². The van der Waals surface area contributed by atoms with Crippen molar-refractivity contribution in [1.82, 2.24) is 0 Å². The molecule has 0 aliphatic carbocycles. The molecule has 0 saturated heterocycles. The molecule has 29 heavy (non-hydrogen) atoms. The number of ketones is 1. The maximum atomic E-state index is 12.4. The number of carbonyl (C=O) groups is 2. The van der Waals surface area contributed by atoms with Gasteiger partial charge in [0, 0.05) is 18.1 Å². The first-order chi connectivity index (χ1) is 13.9. The first-order valence-electron chi connectivity index (χ1n) is 9.46. The van der Waals surface area contributed by atoms with Crippen LogP contribution in [-0.2, 0) is 11.3 Å². The van der Waals surface area contributed by atoms with Gasteiger partial charge in [-0.05, 0) is 53.4 Å². The Bertz CT molecular complexity index is 1160. The van der Waals surface area contributed by atoms with Gasteiger partial charge in [0.1, 0.15) is 5.75 Å². The Balaban J connectivity index is 1.86. The van der Waals surface area contributed by atoms with Crippen LogP contribution in [0.5, 0.6) is 5.75 Å². The van der Waals surface area contributed by atoms with Gasteiger partial charge >= 0.3 is 0 Å². The Morgan fingerprint density at radius 3 is 2.41 bits per heavy atom. The van der Waals surface area contributed by atoms with Crippen molar-refractivity contribution in [3.63, 3.8) is 0 Å². The molecule has 0 aromatic heterocycles. The Hall–Kier alpha value is -3.66. The summed E-state index contributed by atoms with van der Waals surface area (Å²) in [5.41, 5.74) is 6.04. The first kappa shape index (κ1) is 18.7. The van der Waals surface area contributed by atoms with Gasteiger partial charge in [0.25, 0.3) is 0 Å². The smallest absolute Gasteiger partial charge is 0.224 e. The summed E-state index contributed by atoms with van der Waals surface area (Å²) in [4.78, 5) is 26.2. The van der Waals surface area contributed by atoms with Gasteiger partial charge < -0.3 is 10.0 Å². The second-order valence-electron chi connectivity index (χ2n) is 7.20. The molecule has 3 aromatic carbocycles. The highest BCUT2D eigenvalue weighted by Gasteiger charge is 2.19. The van der Waals surface area contributed by atoms with E-state index in [1.54, 1.807) is 30.0 Å². The predicted molar refractivity (Wildman–Crippen MR) is 116 cm³/mol. The quantitative estimate of drug-likeness (QED) is 0.611. The van der Waals surface area contributed by atoms with Crippen molar-refractivity contribution in [2.45, 2.75) is 20.4 Å². The second kappa shape index (κ2) is 7.40. The van der Waals surface area contributed by atoms with Crippen molar-refractivity contribution in [3.05, 3.63) is 82.9 Å². The third kappa shape index (κ3) is 3.57. The minimum absolute atomic E-state index is 0.0198. The normalized spacial score (nSPS) is 12.6. The van der Waals surface area contributed by atoms with Gasteiger partial charge in [0.15, 0.2) is 5.78 Å². The summed E-state index contributed by atoms with van der Waals surface area (Å²) in [6, 6.07) is 18.6. The summed E-state index contributed by atoms with van der Waals surface area (Å²) < 4.78 is 0. The van der Waals surface area contributed by atoms with Gasteiger partial charge in [-0.2, -0.15) is 0 Å². The summed E-state index contributed by atoms with van der Waals surface area (Å²) in [5, 5.41) is 9.84. The third-order valence-corrected chi connectivity index (χ3v) is 5.21. The number of hydrogen-bond acceptors (Lipinski definition) is 3. The van der Waals surface area contributed by atoms with Gasteiger partial charge in [0.2, 0.25) is 5.91 Å². The summed E-state index contributed by atoms with van der Waals surface area (Å²) >= 11 is 0. The maximum absolute atomic E-state index is 12.4. The van der Waals surface area contributed by atoms with Crippen molar-refractivity contribution >= 4 is 29.5 Å². The number of Topliss-reactive ketones (excluding diaryl/α,β-unsaturated/α-hetero) is 1. The molecule has 3 aromatic rings. The number of carbonyl (C=O) groups excluding carboxylic acids is 2. The molecule has 0 saturated carbocycles. The molecule has 4 nitrogen and oxygen atoms in total. The lowest BCUT2D eigenvalue weighted by molar-refractivity contribution is -0.116. The van der Waals surface area contributed by atoms with E-state index in [0.717, 1.165) is 33.5 Å². The van der Waals surface area contributed by atoms with Crippen LogP contribution in [0.25, 0.3) is 23.3 Å². The Kier molecular flexibility index (Phi) is 4.77. The fraction of sp³-hybridized carbons (Fsp3) is 0.120. The van der Waals surface area contributed by atoms with E-state index in [2.05, 4.69) is 0 Å². The van der Waals surface area contributed by atoms with Crippen LogP contribution >= 0.6 is 0 Å². The number of hydrogen-bond donors (Lipinski definition) is 1. The molecule has 1 heterocycles. The number of benzene rings is 3. The van der Waals surface area contributed by atoms with Gasteiger partial charge in [-0.15, -0.1) is 0 Å². The summed E-state index contributed by atoms with van der Waals surface area (Å²) in [5.74, 6) is 0.105. The topological polar surface area (TPSA) is 57.6 Å². The van der Waals surface area contributed by atoms with Gasteiger partial charge in [-0.25, -0.2) is 0 Å². The van der Waals surface area contributed by atoms with Crippen LogP contribution in [0.3, 0.4) is 0 Å². The molecule has 0 spiro atoms. The highest BCUT2D eigenvalue weighted by molar-refractivity contribution is 6.01. The van der Waals surface area contributed by atoms with Crippen LogP contribution in [0, 0.1) is 0 Å². The predicted octanol–water partition coefficient (Wildman–Crippen LogP) is 5.30. The van der Waals surface area contributed by atoms with Crippen LogP contribution in [0.2, 0.25) is 0 Å². The van der Waals surface area contributed by atoms with Crippen molar-refractivity contribution in [1.29, 1.82) is 0 Å². The molecule has 4 rings (SSSR count). The van der Waals surface area contributed by atoms with Crippen LogP contribution < -0.4 is 4.90 Å². The number of nitrogens with zero attached hydrogens (tertiary/aromatic N) is 1. The average Bonchev–Trinajstić information content (AvgIpc) is 2.69. The zero-order chi connectivity index (χ0) is 20.5. The van der Waals surface area contributed by atoms with E-state index >= 15 is 0 Å². The number of phenolic OH excluding ortho intramolecular Hbond substituents is 1. The third-order valence-electron chi connectivity index (χ3n) is 5.21. The molecular formula is C25H21NO3. The van der Waals surface area contributed by atoms with E-state index in [-0.39, 0.29) is 17.4 Å². The largest absolute Gasteiger partial charge is 0.508 e. The van der Waals surface area contributed by atoms with Crippen LogP contribution in [0.15, 0.2) is 60.7 Å². The standard InChI is InChI=1S/C25H21NO3/c1-16(27)23-5-3-4-6-24(23)19-9-7-18-8-10-20-14-22(29)11-12-25(20)26(17(2)28)15-21(18)13-19/h3-14,29H,15H2,1-2H3. The molecule has 144 valence electrons. The van der Waals surface area contributed by atoms with E-state index in [1.807, 2.05) is 54.6 Å². The Morgan fingerprint density at radius 1 is 0.897 bits per heavy atom. The van der Waals surface area contributed by atoms with Crippen LogP contribution in [0.1, 0.15) is 40.9 Å². The molecule has 1 N–H and O–H groups in total. The van der Waals surface area contributed by atoms with Crippen molar-refractivity contribution < 1.29 is 14.7 Å². The molecule has 1 aliphatic rings. The second-order valence-corrected chi connectivity index (χ2v) is 7.20. The van der Waals surface area contributed by atoms with Crippen LogP contribution in [0.4, 0.5) is 5.69 Å². The highest BCUT2D eigenvalue weighted by Crippen LogP contribution is 2.33. The average molecular weight is 383 g/mol. The number of fused-ring (bicyclic) bond motifs is 2. The van der Waals surface area contributed by atoms with Crippen molar-refractivity contribution in [2.75, 3.05) is 4.90 Å².